The van der Waals surface area contributed by atoms with Crippen molar-refractivity contribution in [3.63, 3.8) is 0 Å². The molecule has 0 bridgehead atoms. The van der Waals surface area contributed by atoms with Gasteiger partial charge >= 0.3 is 6.03 Å². The summed E-state index contributed by atoms with van der Waals surface area (Å²) in [7, 11) is 0. The van der Waals surface area contributed by atoms with Crippen LogP contribution < -0.4 is 0 Å². The lowest BCUT2D eigenvalue weighted by Crippen LogP contribution is -2.21. The molecule has 2 aromatic rings. The molecule has 0 aliphatic carbocycles. The van der Waals surface area contributed by atoms with E-state index in [9.17, 15) is 4.79 Å². The maximum Gasteiger partial charge on any atom is 0.373 e. The molecule has 2 aromatic heterocycles. The SMILES string of the molecule is CC(C)Cc1nc(Br)n(C(=O)n2cncn2)n1. The molecule has 0 aliphatic heterocycles. The van der Waals surface area contributed by atoms with Crippen LogP contribution in [0.15, 0.2) is 17.4 Å². The number of rotatable bonds is 2. The van der Waals surface area contributed by atoms with Gasteiger partial charge < -0.3 is 0 Å². The van der Waals surface area contributed by atoms with Crippen molar-refractivity contribution in [1.29, 1.82) is 0 Å². The van der Waals surface area contributed by atoms with Gasteiger partial charge in [-0.05, 0) is 21.8 Å². The van der Waals surface area contributed by atoms with Crippen LogP contribution >= 0.6 is 15.9 Å². The van der Waals surface area contributed by atoms with Crippen LogP contribution in [0.2, 0.25) is 0 Å². The summed E-state index contributed by atoms with van der Waals surface area (Å²) >= 11 is 3.20. The van der Waals surface area contributed by atoms with Crippen molar-refractivity contribution in [3.8, 4) is 0 Å². The number of aromatic nitrogens is 6. The Morgan fingerprint density at radius 2 is 2.29 bits per heavy atom. The summed E-state index contributed by atoms with van der Waals surface area (Å²) in [5.41, 5.74) is 0. The van der Waals surface area contributed by atoms with E-state index >= 15 is 0 Å². The van der Waals surface area contributed by atoms with Crippen LogP contribution in [-0.2, 0) is 6.42 Å². The van der Waals surface area contributed by atoms with Gasteiger partial charge in [-0.2, -0.15) is 14.5 Å². The summed E-state index contributed by atoms with van der Waals surface area (Å²) in [6.45, 7) is 4.13. The molecule has 0 spiro atoms. The second-order valence-electron chi connectivity index (χ2n) is 3.93. The lowest BCUT2D eigenvalue weighted by Gasteiger charge is -1.99. The quantitative estimate of drug-likeness (QED) is 0.836. The second kappa shape index (κ2) is 4.74. The number of nitrogens with zero attached hydrogens (tertiary/aromatic N) is 6. The largest absolute Gasteiger partial charge is 0.373 e. The third-order valence-corrected chi connectivity index (χ3v) is 2.51. The van der Waals surface area contributed by atoms with E-state index in [1.54, 1.807) is 0 Å². The minimum Gasteiger partial charge on any atom is -0.243 e. The maximum absolute atomic E-state index is 11.9. The minimum absolute atomic E-state index is 0.369. The van der Waals surface area contributed by atoms with Crippen molar-refractivity contribution in [1.82, 2.24) is 29.5 Å². The van der Waals surface area contributed by atoms with Crippen molar-refractivity contribution in [2.45, 2.75) is 20.3 Å². The fourth-order valence-corrected chi connectivity index (χ4v) is 1.75. The number of hydrogen-bond donors (Lipinski definition) is 0. The van der Waals surface area contributed by atoms with Crippen molar-refractivity contribution < 1.29 is 4.79 Å². The Hall–Kier alpha value is -1.57. The summed E-state index contributed by atoms with van der Waals surface area (Å²) in [5, 5.41) is 7.88. The summed E-state index contributed by atoms with van der Waals surface area (Å²) in [6.07, 6.45) is 3.33. The van der Waals surface area contributed by atoms with E-state index in [1.807, 2.05) is 0 Å². The van der Waals surface area contributed by atoms with Gasteiger partial charge in [0.15, 0.2) is 5.82 Å². The Kier molecular flexibility index (Phi) is 3.32. The molecule has 0 atom stereocenters. The molecule has 0 N–H and O–H groups in total. The minimum atomic E-state index is -0.420. The van der Waals surface area contributed by atoms with Crippen LogP contribution in [0.5, 0.6) is 0 Å². The first kappa shape index (κ1) is 11.9. The number of hydrogen-bond acceptors (Lipinski definition) is 5. The van der Waals surface area contributed by atoms with Gasteiger partial charge in [0.25, 0.3) is 0 Å². The molecule has 0 saturated carbocycles. The molecular weight excluding hydrogens is 288 g/mol. The molecule has 0 unspecified atom stereocenters. The highest BCUT2D eigenvalue weighted by Crippen LogP contribution is 2.10. The van der Waals surface area contributed by atoms with Gasteiger partial charge in [0.1, 0.15) is 12.7 Å². The van der Waals surface area contributed by atoms with Crippen molar-refractivity contribution >= 4 is 22.0 Å². The van der Waals surface area contributed by atoms with Crippen LogP contribution in [0.3, 0.4) is 0 Å². The van der Waals surface area contributed by atoms with E-state index in [1.165, 1.54) is 12.7 Å². The zero-order valence-corrected chi connectivity index (χ0v) is 11.0. The van der Waals surface area contributed by atoms with Crippen LogP contribution in [0.4, 0.5) is 4.79 Å². The lowest BCUT2D eigenvalue weighted by atomic mass is 10.1. The van der Waals surface area contributed by atoms with Gasteiger partial charge in [-0.3, -0.25) is 0 Å². The Morgan fingerprint density at radius 3 is 2.88 bits per heavy atom. The third kappa shape index (κ3) is 2.57. The zero-order valence-electron chi connectivity index (χ0n) is 9.41. The van der Waals surface area contributed by atoms with Gasteiger partial charge in [-0.15, -0.1) is 5.10 Å². The normalized spacial score (nSPS) is 11.1. The summed E-state index contributed by atoms with van der Waals surface area (Å²) in [4.78, 5) is 19.8. The molecule has 0 aliphatic rings. The fourth-order valence-electron chi connectivity index (χ4n) is 1.31. The Balaban J connectivity index is 2.27. The topological polar surface area (TPSA) is 78.5 Å². The number of carbonyl (C=O) groups excluding carboxylic acids is 1. The number of carbonyl (C=O) groups is 1. The molecule has 0 saturated heterocycles. The molecular formula is C9H11BrN6O. The molecule has 17 heavy (non-hydrogen) atoms. The number of halogens is 1. The molecule has 0 aromatic carbocycles. The van der Waals surface area contributed by atoms with Gasteiger partial charge in [0.2, 0.25) is 4.73 Å². The first-order chi connectivity index (χ1) is 8.08. The maximum atomic E-state index is 11.9. The molecule has 90 valence electrons. The fraction of sp³-hybridized carbons (Fsp3) is 0.444. The van der Waals surface area contributed by atoms with Crippen LogP contribution in [0.25, 0.3) is 0 Å². The smallest absolute Gasteiger partial charge is 0.243 e. The third-order valence-electron chi connectivity index (χ3n) is 2.00. The van der Waals surface area contributed by atoms with Gasteiger partial charge in [0, 0.05) is 6.42 Å². The summed E-state index contributed by atoms with van der Waals surface area (Å²) in [5.74, 6) is 1.06. The summed E-state index contributed by atoms with van der Waals surface area (Å²) in [6, 6.07) is -0.420. The molecule has 0 amide bonds. The standard InChI is InChI=1S/C9H11BrN6O/c1-6(2)3-7-13-8(10)16(14-7)9(17)15-5-11-4-12-15/h4-6H,3H2,1-2H3. The molecule has 2 rings (SSSR count). The highest BCUT2D eigenvalue weighted by atomic mass is 79.9. The first-order valence-electron chi connectivity index (χ1n) is 5.08. The Morgan fingerprint density at radius 1 is 1.53 bits per heavy atom. The van der Waals surface area contributed by atoms with E-state index < -0.39 is 6.03 Å². The second-order valence-corrected chi connectivity index (χ2v) is 4.64. The van der Waals surface area contributed by atoms with E-state index in [-0.39, 0.29) is 0 Å². The summed E-state index contributed by atoms with van der Waals surface area (Å²) < 4.78 is 2.62. The predicted octanol–water partition coefficient (Wildman–Crippen LogP) is 1.35. The van der Waals surface area contributed by atoms with E-state index in [0.29, 0.717) is 16.5 Å². The van der Waals surface area contributed by atoms with E-state index in [4.69, 9.17) is 0 Å². The monoisotopic (exact) mass is 298 g/mol. The van der Waals surface area contributed by atoms with Crippen molar-refractivity contribution in [2.75, 3.05) is 0 Å². The van der Waals surface area contributed by atoms with Gasteiger partial charge in [-0.1, -0.05) is 13.8 Å². The lowest BCUT2D eigenvalue weighted by molar-refractivity contribution is 0.237. The van der Waals surface area contributed by atoms with Crippen LogP contribution in [0.1, 0.15) is 19.7 Å². The molecule has 0 fully saturated rings. The first-order valence-corrected chi connectivity index (χ1v) is 5.88. The molecule has 0 radical (unpaired) electrons. The van der Waals surface area contributed by atoms with Crippen molar-refractivity contribution in [3.05, 3.63) is 23.2 Å². The molecule has 8 heteroatoms. The Labute approximate surface area is 106 Å². The van der Waals surface area contributed by atoms with Crippen molar-refractivity contribution in [2.24, 2.45) is 5.92 Å². The van der Waals surface area contributed by atoms with Gasteiger partial charge in [0.05, 0.1) is 0 Å². The average Bonchev–Trinajstić information content (AvgIpc) is 2.85. The highest BCUT2D eigenvalue weighted by molar-refractivity contribution is 9.10. The van der Waals surface area contributed by atoms with Crippen LogP contribution in [-0.4, -0.2) is 35.6 Å². The zero-order chi connectivity index (χ0) is 12.4. The predicted molar refractivity (Wildman–Crippen MR) is 62.5 cm³/mol. The van der Waals surface area contributed by atoms with Gasteiger partial charge in [-0.25, -0.2) is 14.8 Å². The molecule has 7 nitrogen and oxygen atoms in total. The molecule has 2 heterocycles. The average molecular weight is 299 g/mol. The Bertz CT molecular complexity index is 518. The van der Waals surface area contributed by atoms with E-state index in [0.717, 1.165) is 15.8 Å². The van der Waals surface area contributed by atoms with E-state index in [2.05, 4.69) is 49.9 Å². The van der Waals surface area contributed by atoms with Crippen LogP contribution in [0, 0.1) is 5.92 Å². The highest BCUT2D eigenvalue weighted by Gasteiger charge is 2.16.